The average molecular weight is 316 g/mol. The molecule has 0 aliphatic carbocycles. The largest absolute Gasteiger partial charge is 0.346 e. The zero-order valence-corrected chi connectivity index (χ0v) is 11.8. The van der Waals surface area contributed by atoms with Gasteiger partial charge < -0.3 is 9.47 Å². The van der Waals surface area contributed by atoms with E-state index in [1.54, 1.807) is 19.1 Å². The Kier molecular flexibility index (Phi) is 3.88. The molecule has 0 amide bonds. The van der Waals surface area contributed by atoms with Crippen molar-refractivity contribution in [1.82, 2.24) is 14.8 Å². The van der Waals surface area contributed by atoms with E-state index in [0.29, 0.717) is 30.3 Å². The first-order valence-corrected chi connectivity index (χ1v) is 6.69. The molecule has 1 fully saturated rings. The van der Waals surface area contributed by atoms with Crippen LogP contribution < -0.4 is 0 Å². The quantitative estimate of drug-likeness (QED) is 0.816. The Morgan fingerprint density at radius 3 is 2.67 bits per heavy atom. The minimum absolute atomic E-state index is 0.236. The van der Waals surface area contributed by atoms with Gasteiger partial charge in [0.1, 0.15) is 10.8 Å². The van der Waals surface area contributed by atoms with E-state index in [1.807, 2.05) is 0 Å². The Hall–Kier alpha value is -1.57. The standard InChI is InChI=1S/C13H12ClF2N3O2/c1-7-6-9(11(15)16)18-19(7)12-8(2-3-10(14)17-12)13-20-4-5-21-13/h2-3,6,11,13H,4-5H2,1H3. The number of hydrogen-bond donors (Lipinski definition) is 0. The van der Waals surface area contributed by atoms with E-state index in [9.17, 15) is 8.78 Å². The molecular weight excluding hydrogens is 304 g/mol. The van der Waals surface area contributed by atoms with Crippen molar-refractivity contribution in [3.05, 3.63) is 40.3 Å². The van der Waals surface area contributed by atoms with Gasteiger partial charge in [-0.3, -0.25) is 0 Å². The van der Waals surface area contributed by atoms with Gasteiger partial charge in [-0.05, 0) is 25.1 Å². The van der Waals surface area contributed by atoms with Crippen LogP contribution >= 0.6 is 11.6 Å². The van der Waals surface area contributed by atoms with Gasteiger partial charge in [0.05, 0.1) is 18.8 Å². The van der Waals surface area contributed by atoms with Crippen LogP contribution in [0.25, 0.3) is 5.82 Å². The number of pyridine rings is 1. The van der Waals surface area contributed by atoms with Crippen LogP contribution in [0.1, 0.15) is 29.7 Å². The summed E-state index contributed by atoms with van der Waals surface area (Å²) < 4.78 is 37.8. The van der Waals surface area contributed by atoms with Crippen LogP contribution in [0.15, 0.2) is 18.2 Å². The van der Waals surface area contributed by atoms with Crippen molar-refractivity contribution in [3.8, 4) is 5.82 Å². The maximum Gasteiger partial charge on any atom is 0.282 e. The SMILES string of the molecule is Cc1cc(C(F)F)nn1-c1nc(Cl)ccc1C1OCCO1. The third-order valence-corrected chi connectivity index (χ3v) is 3.29. The minimum atomic E-state index is -2.65. The number of rotatable bonds is 3. The Morgan fingerprint density at radius 2 is 2.05 bits per heavy atom. The molecule has 8 heteroatoms. The van der Waals surface area contributed by atoms with E-state index >= 15 is 0 Å². The zero-order chi connectivity index (χ0) is 15.0. The second-order valence-electron chi connectivity index (χ2n) is 4.54. The van der Waals surface area contributed by atoms with Crippen LogP contribution in [-0.4, -0.2) is 28.0 Å². The predicted molar refractivity (Wildman–Crippen MR) is 70.7 cm³/mol. The number of nitrogens with zero attached hydrogens (tertiary/aromatic N) is 3. The van der Waals surface area contributed by atoms with Gasteiger partial charge in [-0.1, -0.05) is 11.6 Å². The van der Waals surface area contributed by atoms with E-state index < -0.39 is 12.7 Å². The van der Waals surface area contributed by atoms with Gasteiger partial charge in [-0.15, -0.1) is 0 Å². The molecule has 0 spiro atoms. The van der Waals surface area contributed by atoms with Crippen LogP contribution in [0.5, 0.6) is 0 Å². The fourth-order valence-electron chi connectivity index (χ4n) is 2.15. The molecule has 2 aromatic rings. The van der Waals surface area contributed by atoms with Crippen molar-refractivity contribution in [3.63, 3.8) is 0 Å². The summed E-state index contributed by atoms with van der Waals surface area (Å²) in [5, 5.41) is 4.12. The highest BCUT2D eigenvalue weighted by Crippen LogP contribution is 2.30. The molecule has 0 atom stereocenters. The van der Waals surface area contributed by atoms with Gasteiger partial charge in [0.15, 0.2) is 12.1 Å². The second-order valence-corrected chi connectivity index (χ2v) is 4.93. The summed E-state index contributed by atoms with van der Waals surface area (Å²) >= 11 is 5.91. The zero-order valence-electron chi connectivity index (χ0n) is 11.1. The smallest absolute Gasteiger partial charge is 0.282 e. The molecule has 0 saturated carbocycles. The molecule has 3 heterocycles. The highest BCUT2D eigenvalue weighted by molar-refractivity contribution is 6.29. The molecule has 0 radical (unpaired) electrons. The van der Waals surface area contributed by atoms with E-state index in [2.05, 4.69) is 10.1 Å². The molecule has 0 aromatic carbocycles. The monoisotopic (exact) mass is 315 g/mol. The molecule has 1 aliphatic rings. The lowest BCUT2D eigenvalue weighted by Crippen LogP contribution is -2.10. The molecule has 1 aliphatic heterocycles. The predicted octanol–water partition coefficient (Wildman–Crippen LogP) is 3.21. The first-order valence-electron chi connectivity index (χ1n) is 6.31. The number of aryl methyl sites for hydroxylation is 1. The highest BCUT2D eigenvalue weighted by Gasteiger charge is 2.25. The summed E-state index contributed by atoms with van der Waals surface area (Å²) in [5.41, 5.74) is 0.816. The molecule has 1 saturated heterocycles. The topological polar surface area (TPSA) is 49.2 Å². The van der Waals surface area contributed by atoms with Crippen molar-refractivity contribution in [1.29, 1.82) is 0 Å². The van der Waals surface area contributed by atoms with Crippen molar-refractivity contribution in [2.45, 2.75) is 19.6 Å². The first kappa shape index (κ1) is 14.4. The fourth-order valence-corrected chi connectivity index (χ4v) is 2.29. The average Bonchev–Trinajstić information content (AvgIpc) is 3.07. The first-order chi connectivity index (χ1) is 10.1. The lowest BCUT2D eigenvalue weighted by Gasteiger charge is -2.14. The van der Waals surface area contributed by atoms with E-state index in [1.165, 1.54) is 10.7 Å². The van der Waals surface area contributed by atoms with Gasteiger partial charge >= 0.3 is 0 Å². The van der Waals surface area contributed by atoms with Crippen molar-refractivity contribution in [2.75, 3.05) is 13.2 Å². The van der Waals surface area contributed by atoms with E-state index in [4.69, 9.17) is 21.1 Å². The molecular formula is C13H12ClF2N3O2. The number of halogens is 3. The summed E-state index contributed by atoms with van der Waals surface area (Å²) in [6.07, 6.45) is -3.24. The molecule has 21 heavy (non-hydrogen) atoms. The Bertz CT molecular complexity index is 657. The number of ether oxygens (including phenoxy) is 2. The summed E-state index contributed by atoms with van der Waals surface area (Å²) in [6, 6.07) is 4.61. The van der Waals surface area contributed by atoms with Crippen LogP contribution in [-0.2, 0) is 9.47 Å². The van der Waals surface area contributed by atoms with Gasteiger partial charge in [0.25, 0.3) is 6.43 Å². The summed E-state index contributed by atoms with van der Waals surface area (Å²) in [7, 11) is 0. The molecule has 112 valence electrons. The summed E-state index contributed by atoms with van der Waals surface area (Å²) in [4.78, 5) is 4.18. The van der Waals surface area contributed by atoms with Crippen LogP contribution in [0.2, 0.25) is 5.15 Å². The fraction of sp³-hybridized carbons (Fsp3) is 0.385. The minimum Gasteiger partial charge on any atom is -0.346 e. The van der Waals surface area contributed by atoms with Crippen molar-refractivity contribution < 1.29 is 18.3 Å². The molecule has 0 N–H and O–H groups in total. The molecule has 0 bridgehead atoms. The molecule has 5 nitrogen and oxygen atoms in total. The number of alkyl halides is 2. The van der Waals surface area contributed by atoms with Crippen LogP contribution in [0, 0.1) is 6.92 Å². The van der Waals surface area contributed by atoms with Crippen molar-refractivity contribution in [2.24, 2.45) is 0 Å². The van der Waals surface area contributed by atoms with Crippen molar-refractivity contribution >= 4 is 11.6 Å². The molecule has 0 unspecified atom stereocenters. The lowest BCUT2D eigenvalue weighted by atomic mass is 10.2. The summed E-state index contributed by atoms with van der Waals surface area (Å²) in [5.74, 6) is 0.332. The van der Waals surface area contributed by atoms with Gasteiger partial charge in [0.2, 0.25) is 0 Å². The van der Waals surface area contributed by atoms with E-state index in [-0.39, 0.29) is 10.8 Å². The highest BCUT2D eigenvalue weighted by atomic mass is 35.5. The maximum absolute atomic E-state index is 12.8. The van der Waals surface area contributed by atoms with Crippen LogP contribution in [0.3, 0.4) is 0 Å². The second kappa shape index (κ2) is 5.67. The molecule has 3 rings (SSSR count). The molecule has 2 aromatic heterocycles. The number of hydrogen-bond acceptors (Lipinski definition) is 4. The number of aromatic nitrogens is 3. The van der Waals surface area contributed by atoms with E-state index in [0.717, 1.165) is 0 Å². The van der Waals surface area contributed by atoms with Gasteiger partial charge in [-0.25, -0.2) is 18.4 Å². The Balaban J connectivity index is 2.10. The summed E-state index contributed by atoms with van der Waals surface area (Å²) in [6.45, 7) is 2.60. The Morgan fingerprint density at radius 1 is 1.33 bits per heavy atom. The van der Waals surface area contributed by atoms with Gasteiger partial charge in [0, 0.05) is 5.69 Å². The normalized spacial score (nSPS) is 16.0. The third kappa shape index (κ3) is 2.76. The van der Waals surface area contributed by atoms with Gasteiger partial charge in [-0.2, -0.15) is 5.10 Å². The van der Waals surface area contributed by atoms with Crippen LogP contribution in [0.4, 0.5) is 8.78 Å². The Labute approximate surface area is 124 Å². The third-order valence-electron chi connectivity index (χ3n) is 3.08. The lowest BCUT2D eigenvalue weighted by molar-refractivity contribution is -0.0443. The maximum atomic E-state index is 12.8.